The van der Waals surface area contributed by atoms with Crippen molar-refractivity contribution < 1.29 is 32.4 Å². The van der Waals surface area contributed by atoms with E-state index in [4.69, 9.17) is 0 Å². The van der Waals surface area contributed by atoms with Crippen LogP contribution in [0.25, 0.3) is 0 Å². The number of carbonyl (C=O) groups is 5. The molecule has 0 aromatic carbocycles. The number of Topliss-reactive ketones (excluding diaryl/α,β-unsaturated/α-hetero) is 2. The second kappa shape index (κ2) is 15.1. The van der Waals surface area contributed by atoms with Crippen LogP contribution in [0.4, 0.5) is 0 Å². The van der Waals surface area contributed by atoms with E-state index in [9.17, 15) is 27.6 Å². The molecule has 0 unspecified atom stereocenters. The van der Waals surface area contributed by atoms with E-state index in [-0.39, 0.29) is 70.2 Å². The van der Waals surface area contributed by atoms with E-state index in [0.717, 1.165) is 77.3 Å². The molecule has 0 radical (unpaired) electrons. The molecule has 0 bridgehead atoms. The lowest BCUT2D eigenvalue weighted by Crippen LogP contribution is -2.53. The largest absolute Gasteiger partial charge is 0.346 e. The number of likely N-dealkylation sites (tertiary alicyclic amines) is 2. The third kappa shape index (κ3) is 7.37. The molecule has 11 nitrogen and oxygen atoms in total. The maximum atomic E-state index is 15.3. The Hall–Kier alpha value is -2.60. The second-order valence-corrected chi connectivity index (χ2v) is 23.0. The number of allylic oxidation sites excluding steroid dienone is 1. The summed E-state index contributed by atoms with van der Waals surface area (Å²) in [6.45, 7) is 19.4. The highest BCUT2D eigenvalue weighted by Gasteiger charge is 2.85. The normalized spacial score (nSPS) is 33.2. The summed E-state index contributed by atoms with van der Waals surface area (Å²) < 4.78 is 28.0. The van der Waals surface area contributed by atoms with Crippen LogP contribution >= 0.6 is 0 Å². The Kier molecular flexibility index (Phi) is 11.3. The summed E-state index contributed by atoms with van der Waals surface area (Å²) in [5.74, 6) is -2.47. The number of nitrogens with zero attached hydrogens (tertiary/aromatic N) is 2. The maximum Gasteiger partial charge on any atom is 0.240 e. The molecule has 0 aromatic heterocycles. The molecule has 12 heteroatoms. The minimum Gasteiger partial charge on any atom is -0.346 e. The van der Waals surface area contributed by atoms with Crippen molar-refractivity contribution in [2.45, 2.75) is 162 Å². The fraction of sp³-hybridized carbons (Fsp3) is 0.844. The van der Waals surface area contributed by atoms with Crippen LogP contribution in [0.3, 0.4) is 0 Å². The first kappa shape index (κ1) is 42.5. The molecule has 2 heterocycles. The first-order valence-corrected chi connectivity index (χ1v) is 23.9. The Morgan fingerprint density at radius 1 is 0.912 bits per heavy atom. The number of rotatable bonds is 15. The Balaban J connectivity index is 1.15. The molecule has 0 aromatic rings. The van der Waals surface area contributed by atoms with Gasteiger partial charge in [-0.3, -0.25) is 28.7 Å². The van der Waals surface area contributed by atoms with Gasteiger partial charge in [0.25, 0.3) is 0 Å². The predicted molar refractivity (Wildman–Crippen MR) is 219 cm³/mol. The summed E-state index contributed by atoms with van der Waals surface area (Å²) in [6.07, 6.45) is 13.1. The van der Waals surface area contributed by atoms with Crippen molar-refractivity contribution in [3.05, 3.63) is 12.7 Å². The zero-order chi connectivity index (χ0) is 41.3. The molecular formula is C45H70N4O7S. The van der Waals surface area contributed by atoms with Gasteiger partial charge in [-0.1, -0.05) is 73.3 Å². The number of hydrogen-bond acceptors (Lipinski definition) is 8. The molecule has 2 aliphatic heterocycles. The van der Waals surface area contributed by atoms with Gasteiger partial charge in [-0.25, -0.2) is 8.42 Å². The van der Waals surface area contributed by atoms with Gasteiger partial charge < -0.3 is 15.1 Å². The lowest BCUT2D eigenvalue weighted by molar-refractivity contribution is -0.147. The molecular weight excluding hydrogens is 741 g/mol. The summed E-state index contributed by atoms with van der Waals surface area (Å²) in [7, 11) is -3.82. The third-order valence-corrected chi connectivity index (χ3v) is 18.7. The average Bonchev–Trinajstić information content (AvgIpc) is 4.10. The van der Waals surface area contributed by atoms with E-state index >= 15 is 4.79 Å². The third-order valence-electron chi connectivity index (χ3n) is 16.9. The van der Waals surface area contributed by atoms with Crippen molar-refractivity contribution in [3.63, 3.8) is 0 Å². The minimum absolute atomic E-state index is 0.0225. The number of piperidine rings is 1. The highest BCUT2D eigenvalue weighted by Crippen LogP contribution is 2.88. The van der Waals surface area contributed by atoms with E-state index in [2.05, 4.69) is 42.3 Å². The highest BCUT2D eigenvalue weighted by atomic mass is 32.2. The molecule has 7 fully saturated rings. The van der Waals surface area contributed by atoms with Crippen LogP contribution in [0.15, 0.2) is 12.7 Å². The van der Waals surface area contributed by atoms with Crippen molar-refractivity contribution in [1.82, 2.24) is 19.8 Å². The van der Waals surface area contributed by atoms with Crippen molar-refractivity contribution in [3.8, 4) is 0 Å². The first-order chi connectivity index (χ1) is 26.8. The van der Waals surface area contributed by atoms with Gasteiger partial charge in [-0.2, -0.15) is 0 Å². The minimum atomic E-state index is -3.82. The molecule has 2 N–H and O–H groups in total. The topological polar surface area (TPSA) is 150 Å². The van der Waals surface area contributed by atoms with Gasteiger partial charge in [-0.15, -0.1) is 6.58 Å². The van der Waals surface area contributed by atoms with Crippen LogP contribution in [0.2, 0.25) is 0 Å². The van der Waals surface area contributed by atoms with Gasteiger partial charge in [0.15, 0.2) is 11.6 Å². The number of carbonyl (C=O) groups excluding carboxylic acids is 5. The van der Waals surface area contributed by atoms with E-state index in [0.29, 0.717) is 38.8 Å². The standard InChI is InChI=1S/C45H70N4O7S/c1-8-31-24-43(31,40(54)47-57(55,56)32-18-19-32)26-36(51)34-25-45(42(6,7)44(45)20-14-21-44)28-49(34)39(53)33(41(3,4)5)23-35(50)37(29-15-11-10-12-16-29)46-38(52)30-17-13-22-48(9-2)27-30/h8,29-34,37H,1,9-28H2,2-7H3,(H,46,52)(H,47,54)/t30-,31-,33-,34+,37+,43-,45-/m1/s1. The van der Waals surface area contributed by atoms with Gasteiger partial charge in [0.2, 0.25) is 27.7 Å². The predicted octanol–water partition coefficient (Wildman–Crippen LogP) is 5.96. The molecule has 5 aliphatic carbocycles. The maximum absolute atomic E-state index is 15.3. The lowest BCUT2D eigenvalue weighted by Gasteiger charge is -2.38. The van der Waals surface area contributed by atoms with E-state index < -0.39 is 50.0 Å². The highest BCUT2D eigenvalue weighted by molar-refractivity contribution is 7.90. The Morgan fingerprint density at radius 3 is 2.14 bits per heavy atom. The summed E-state index contributed by atoms with van der Waals surface area (Å²) >= 11 is 0. The van der Waals surface area contributed by atoms with Gasteiger partial charge >= 0.3 is 0 Å². The molecule has 7 aliphatic rings. The van der Waals surface area contributed by atoms with Crippen molar-refractivity contribution in [2.24, 2.45) is 50.7 Å². The summed E-state index contributed by atoms with van der Waals surface area (Å²) in [5, 5.41) is 2.68. The Bertz CT molecular complexity index is 1760. The number of hydrogen-bond donors (Lipinski definition) is 2. The van der Waals surface area contributed by atoms with E-state index in [1.807, 2.05) is 20.8 Å². The number of ketones is 2. The molecule has 57 heavy (non-hydrogen) atoms. The summed E-state index contributed by atoms with van der Waals surface area (Å²) in [5.41, 5.74) is -2.13. The Labute approximate surface area is 341 Å². The van der Waals surface area contributed by atoms with Gasteiger partial charge in [0.05, 0.1) is 28.7 Å². The number of amides is 3. The number of sulfonamides is 1. The SMILES string of the molecule is C=C[C@@H]1C[C@]1(CC(=O)[C@@H]1C[C@@]2(CN1C(=O)[C@@H](CC(=O)[C@@H](NC(=O)[C@@H]1CCCN(CC)C1)C1CCCCC1)C(C)(C)C)C(C)(C)C21CCC1)C(=O)NS(=O)(=O)C1CC1. The summed E-state index contributed by atoms with van der Waals surface area (Å²) in [4.78, 5) is 76.4. The van der Waals surface area contributed by atoms with Crippen LogP contribution in [0.5, 0.6) is 0 Å². The van der Waals surface area contributed by atoms with Crippen LogP contribution in [-0.4, -0.2) is 91.0 Å². The quantitative estimate of drug-likeness (QED) is 0.193. The molecule has 3 amide bonds. The number of fused-ring (bicyclic) bond motifs is 1. The first-order valence-electron chi connectivity index (χ1n) is 22.3. The average molecular weight is 811 g/mol. The molecule has 2 saturated heterocycles. The van der Waals surface area contributed by atoms with Gasteiger partial charge in [-0.05, 0) is 105 Å². The number of nitrogens with one attached hydrogen (secondary N) is 2. The lowest BCUT2D eigenvalue weighted by atomic mass is 9.73. The van der Waals surface area contributed by atoms with E-state index in [1.54, 1.807) is 11.0 Å². The molecule has 2 spiro atoms. The molecule has 7 atom stereocenters. The zero-order valence-electron chi connectivity index (χ0n) is 35.6. The van der Waals surface area contributed by atoms with Crippen LogP contribution in [-0.2, 0) is 34.0 Å². The van der Waals surface area contributed by atoms with Crippen molar-refractivity contribution >= 4 is 39.3 Å². The van der Waals surface area contributed by atoms with Crippen LogP contribution in [0, 0.1) is 50.7 Å². The van der Waals surface area contributed by atoms with Crippen LogP contribution < -0.4 is 10.0 Å². The monoisotopic (exact) mass is 810 g/mol. The van der Waals surface area contributed by atoms with Gasteiger partial charge in [0.1, 0.15) is 0 Å². The fourth-order valence-corrected chi connectivity index (χ4v) is 13.9. The van der Waals surface area contributed by atoms with E-state index in [1.165, 1.54) is 0 Å². The molecule has 7 rings (SSSR count). The molecule has 5 saturated carbocycles. The fourth-order valence-electron chi connectivity index (χ4n) is 12.5. The van der Waals surface area contributed by atoms with Crippen molar-refractivity contribution in [1.29, 1.82) is 0 Å². The smallest absolute Gasteiger partial charge is 0.240 e. The van der Waals surface area contributed by atoms with Gasteiger partial charge in [0, 0.05) is 37.3 Å². The second-order valence-electron chi connectivity index (χ2n) is 21.1. The summed E-state index contributed by atoms with van der Waals surface area (Å²) in [6, 6.07) is -1.44. The van der Waals surface area contributed by atoms with Crippen LogP contribution in [0.1, 0.15) is 144 Å². The molecule has 318 valence electrons. The zero-order valence-corrected chi connectivity index (χ0v) is 36.4. The van der Waals surface area contributed by atoms with Crippen molar-refractivity contribution in [2.75, 3.05) is 26.2 Å². The Morgan fingerprint density at radius 2 is 1.60 bits per heavy atom.